The fourth-order valence-corrected chi connectivity index (χ4v) is 0.931. The summed E-state index contributed by atoms with van der Waals surface area (Å²) in [5, 5.41) is 5.77. The standard InChI is InChI=1S/C8H14N4O/c1-9-3-2-4-11-8(13)12-6-5-10-7-12/h5-7,9H,2-4H2,1H3,(H,11,13). The first-order chi connectivity index (χ1) is 6.34. The summed E-state index contributed by atoms with van der Waals surface area (Å²) in [5.41, 5.74) is 0. The van der Waals surface area contributed by atoms with Crippen LogP contribution in [0.2, 0.25) is 0 Å². The van der Waals surface area contributed by atoms with Crippen LogP contribution in [0.1, 0.15) is 6.42 Å². The van der Waals surface area contributed by atoms with Crippen LogP contribution in [0.5, 0.6) is 0 Å². The molecule has 0 saturated heterocycles. The maximum absolute atomic E-state index is 11.3. The van der Waals surface area contributed by atoms with E-state index in [1.165, 1.54) is 10.9 Å². The minimum atomic E-state index is -0.131. The summed E-state index contributed by atoms with van der Waals surface area (Å²) in [7, 11) is 1.89. The molecule has 0 bridgehead atoms. The van der Waals surface area contributed by atoms with Crippen LogP contribution >= 0.6 is 0 Å². The molecule has 1 heterocycles. The number of nitrogens with zero attached hydrogens (tertiary/aromatic N) is 2. The molecule has 0 aromatic carbocycles. The van der Waals surface area contributed by atoms with Crippen molar-refractivity contribution in [2.75, 3.05) is 20.1 Å². The first-order valence-corrected chi connectivity index (χ1v) is 4.25. The maximum Gasteiger partial charge on any atom is 0.326 e. The summed E-state index contributed by atoms with van der Waals surface area (Å²) in [6, 6.07) is -0.131. The zero-order valence-electron chi connectivity index (χ0n) is 7.66. The largest absolute Gasteiger partial charge is 0.337 e. The van der Waals surface area contributed by atoms with Crippen molar-refractivity contribution in [1.29, 1.82) is 0 Å². The van der Waals surface area contributed by atoms with E-state index in [0.717, 1.165) is 13.0 Å². The van der Waals surface area contributed by atoms with E-state index in [4.69, 9.17) is 0 Å². The van der Waals surface area contributed by atoms with Gasteiger partial charge in [0.05, 0.1) is 0 Å². The number of imidazole rings is 1. The fraction of sp³-hybridized carbons (Fsp3) is 0.500. The minimum absolute atomic E-state index is 0.131. The third-order valence-corrected chi connectivity index (χ3v) is 1.62. The Morgan fingerprint density at radius 1 is 1.54 bits per heavy atom. The molecule has 0 spiro atoms. The van der Waals surface area contributed by atoms with Gasteiger partial charge in [0.15, 0.2) is 0 Å². The van der Waals surface area contributed by atoms with Gasteiger partial charge < -0.3 is 10.6 Å². The lowest BCUT2D eigenvalue weighted by Gasteiger charge is -2.04. The van der Waals surface area contributed by atoms with Gasteiger partial charge >= 0.3 is 6.03 Å². The first kappa shape index (κ1) is 9.73. The van der Waals surface area contributed by atoms with Gasteiger partial charge in [0.2, 0.25) is 0 Å². The maximum atomic E-state index is 11.3. The summed E-state index contributed by atoms with van der Waals surface area (Å²) < 4.78 is 1.42. The lowest BCUT2D eigenvalue weighted by molar-refractivity contribution is 0.242. The van der Waals surface area contributed by atoms with Crippen LogP contribution in [0, 0.1) is 0 Å². The first-order valence-electron chi connectivity index (χ1n) is 4.25. The van der Waals surface area contributed by atoms with Gasteiger partial charge in [0, 0.05) is 18.9 Å². The molecule has 0 radical (unpaired) electrons. The minimum Gasteiger partial charge on any atom is -0.337 e. The quantitative estimate of drug-likeness (QED) is 0.647. The molecule has 13 heavy (non-hydrogen) atoms. The second kappa shape index (κ2) is 5.31. The van der Waals surface area contributed by atoms with Gasteiger partial charge in [-0.3, -0.25) is 4.57 Å². The molecule has 0 unspecified atom stereocenters. The topological polar surface area (TPSA) is 58.9 Å². The third kappa shape index (κ3) is 3.25. The van der Waals surface area contributed by atoms with Crippen LogP contribution in [-0.2, 0) is 0 Å². The predicted molar refractivity (Wildman–Crippen MR) is 49.6 cm³/mol. The highest BCUT2D eigenvalue weighted by atomic mass is 16.2. The van der Waals surface area contributed by atoms with E-state index >= 15 is 0 Å². The third-order valence-electron chi connectivity index (χ3n) is 1.62. The van der Waals surface area contributed by atoms with Crippen LogP contribution in [0.4, 0.5) is 4.79 Å². The van der Waals surface area contributed by atoms with Gasteiger partial charge in [-0.25, -0.2) is 9.78 Å². The Morgan fingerprint density at radius 3 is 3.00 bits per heavy atom. The average molecular weight is 182 g/mol. The molecular formula is C8H14N4O. The summed E-state index contributed by atoms with van der Waals surface area (Å²) in [4.78, 5) is 15.0. The number of hydrogen-bond acceptors (Lipinski definition) is 3. The molecule has 5 heteroatoms. The molecule has 0 aliphatic carbocycles. The van der Waals surface area contributed by atoms with Gasteiger partial charge in [0.1, 0.15) is 6.33 Å². The lowest BCUT2D eigenvalue weighted by Crippen LogP contribution is -2.29. The fourth-order valence-electron chi connectivity index (χ4n) is 0.931. The highest BCUT2D eigenvalue weighted by molar-refractivity contribution is 5.76. The molecule has 2 N–H and O–H groups in total. The van der Waals surface area contributed by atoms with Crippen molar-refractivity contribution in [2.45, 2.75) is 6.42 Å². The number of carbonyl (C=O) groups excluding carboxylic acids is 1. The summed E-state index contributed by atoms with van der Waals surface area (Å²) in [5.74, 6) is 0. The molecule has 1 rings (SSSR count). The molecule has 5 nitrogen and oxygen atoms in total. The van der Waals surface area contributed by atoms with Gasteiger partial charge in [-0.05, 0) is 20.0 Å². The normalized spacial score (nSPS) is 9.92. The SMILES string of the molecule is CNCCCNC(=O)n1ccnc1. The Morgan fingerprint density at radius 2 is 2.38 bits per heavy atom. The number of nitrogens with one attached hydrogen (secondary N) is 2. The summed E-state index contributed by atoms with van der Waals surface area (Å²) in [6.45, 7) is 1.59. The molecule has 1 amide bonds. The van der Waals surface area contributed by atoms with Crippen LogP contribution in [0.3, 0.4) is 0 Å². The van der Waals surface area contributed by atoms with Crippen LogP contribution in [0.15, 0.2) is 18.7 Å². The molecule has 0 fully saturated rings. The van der Waals surface area contributed by atoms with E-state index < -0.39 is 0 Å². The number of hydrogen-bond donors (Lipinski definition) is 2. The molecule has 0 saturated carbocycles. The Bertz CT molecular complexity index is 245. The molecule has 72 valence electrons. The second-order valence-electron chi connectivity index (χ2n) is 2.66. The van der Waals surface area contributed by atoms with Crippen LogP contribution in [-0.4, -0.2) is 35.7 Å². The number of aromatic nitrogens is 2. The highest BCUT2D eigenvalue weighted by Gasteiger charge is 2.00. The van der Waals surface area contributed by atoms with Crippen molar-refractivity contribution in [3.63, 3.8) is 0 Å². The zero-order valence-corrected chi connectivity index (χ0v) is 7.66. The number of amides is 1. The Hall–Kier alpha value is -1.36. The van der Waals surface area contributed by atoms with Crippen LogP contribution < -0.4 is 10.6 Å². The van der Waals surface area contributed by atoms with Gasteiger partial charge in [-0.2, -0.15) is 0 Å². The average Bonchev–Trinajstić information content (AvgIpc) is 2.65. The summed E-state index contributed by atoms with van der Waals surface area (Å²) >= 11 is 0. The van der Waals surface area contributed by atoms with Crippen molar-refractivity contribution >= 4 is 6.03 Å². The van der Waals surface area contributed by atoms with Crippen molar-refractivity contribution in [3.8, 4) is 0 Å². The molecule has 0 aliphatic rings. The van der Waals surface area contributed by atoms with E-state index in [9.17, 15) is 4.79 Å². The summed E-state index contributed by atoms with van der Waals surface area (Å²) in [6.07, 6.45) is 5.60. The molecular weight excluding hydrogens is 168 g/mol. The van der Waals surface area contributed by atoms with E-state index in [1.54, 1.807) is 12.4 Å². The Kier molecular flexibility index (Phi) is 3.98. The van der Waals surface area contributed by atoms with Crippen molar-refractivity contribution in [2.24, 2.45) is 0 Å². The second-order valence-corrected chi connectivity index (χ2v) is 2.66. The number of rotatable bonds is 4. The van der Waals surface area contributed by atoms with Crippen molar-refractivity contribution in [3.05, 3.63) is 18.7 Å². The Labute approximate surface area is 77.2 Å². The predicted octanol–water partition coefficient (Wildman–Crippen LogP) is 0.0503. The van der Waals surface area contributed by atoms with Gasteiger partial charge in [0.25, 0.3) is 0 Å². The van der Waals surface area contributed by atoms with E-state index in [1.807, 2.05) is 7.05 Å². The Balaban J connectivity index is 2.19. The van der Waals surface area contributed by atoms with Crippen LogP contribution in [0.25, 0.3) is 0 Å². The smallest absolute Gasteiger partial charge is 0.326 e. The number of carbonyl (C=O) groups is 1. The van der Waals surface area contributed by atoms with Gasteiger partial charge in [-0.1, -0.05) is 0 Å². The highest BCUT2D eigenvalue weighted by Crippen LogP contribution is 1.84. The van der Waals surface area contributed by atoms with Crippen molar-refractivity contribution < 1.29 is 4.79 Å². The van der Waals surface area contributed by atoms with E-state index in [-0.39, 0.29) is 6.03 Å². The molecule has 0 atom stereocenters. The zero-order chi connectivity index (χ0) is 9.52. The van der Waals surface area contributed by atoms with E-state index in [2.05, 4.69) is 15.6 Å². The van der Waals surface area contributed by atoms with Gasteiger partial charge in [-0.15, -0.1) is 0 Å². The van der Waals surface area contributed by atoms with Crippen molar-refractivity contribution in [1.82, 2.24) is 20.2 Å². The molecule has 1 aromatic rings. The lowest BCUT2D eigenvalue weighted by atomic mass is 10.4. The van der Waals surface area contributed by atoms with E-state index in [0.29, 0.717) is 6.54 Å². The monoisotopic (exact) mass is 182 g/mol. The molecule has 1 aromatic heterocycles. The molecule has 0 aliphatic heterocycles.